The Hall–Kier alpha value is -1.06. The number of aliphatic hydroxyl groups excluding tert-OH is 1. The van der Waals surface area contributed by atoms with Crippen molar-refractivity contribution >= 4 is 16.8 Å². The van der Waals surface area contributed by atoms with Gasteiger partial charge in [0.05, 0.1) is 13.7 Å². The first-order chi connectivity index (χ1) is 6.67. The minimum absolute atomic E-state index is 0.0850. The molecule has 0 heterocycles. The van der Waals surface area contributed by atoms with Crippen LogP contribution in [0.3, 0.4) is 0 Å². The van der Waals surface area contributed by atoms with E-state index in [0.29, 0.717) is 11.3 Å². The van der Waals surface area contributed by atoms with E-state index in [4.69, 9.17) is 21.4 Å². The Kier molecular flexibility index (Phi) is 3.92. The van der Waals surface area contributed by atoms with Crippen LogP contribution in [0.15, 0.2) is 18.2 Å². The topological polar surface area (TPSA) is 46.5 Å². The Balaban J connectivity index is 2.95. The molecule has 0 bridgehead atoms. The molecule has 1 aromatic carbocycles. The molecule has 14 heavy (non-hydrogen) atoms. The summed E-state index contributed by atoms with van der Waals surface area (Å²) in [4.78, 5) is 10.6. The predicted molar refractivity (Wildman–Crippen MR) is 53.5 cm³/mol. The summed E-state index contributed by atoms with van der Waals surface area (Å²) in [6, 6.07) is 5.16. The van der Waals surface area contributed by atoms with E-state index >= 15 is 0 Å². The van der Waals surface area contributed by atoms with E-state index in [1.165, 1.54) is 7.11 Å². The van der Waals surface area contributed by atoms with Crippen molar-refractivity contribution in [1.29, 1.82) is 0 Å². The molecule has 0 spiro atoms. The third kappa shape index (κ3) is 2.72. The van der Waals surface area contributed by atoms with Crippen LogP contribution < -0.4 is 4.74 Å². The van der Waals surface area contributed by atoms with Gasteiger partial charge in [0.25, 0.3) is 0 Å². The van der Waals surface area contributed by atoms with Gasteiger partial charge in [-0.05, 0) is 23.2 Å². The van der Waals surface area contributed by atoms with Crippen molar-refractivity contribution in [3.05, 3.63) is 29.3 Å². The van der Waals surface area contributed by atoms with Crippen molar-refractivity contribution in [2.45, 2.75) is 13.0 Å². The van der Waals surface area contributed by atoms with Crippen molar-refractivity contribution in [1.82, 2.24) is 0 Å². The number of carbonyl (C=O) groups excluding carboxylic acids is 1. The Morgan fingerprint density at radius 3 is 2.79 bits per heavy atom. The number of benzene rings is 1. The van der Waals surface area contributed by atoms with Crippen LogP contribution >= 0.6 is 11.6 Å². The average molecular weight is 215 g/mol. The molecule has 76 valence electrons. The molecule has 0 amide bonds. The van der Waals surface area contributed by atoms with Crippen LogP contribution in [0.1, 0.15) is 11.1 Å². The first-order valence-corrected chi connectivity index (χ1v) is 4.50. The smallest absolute Gasteiger partial charge is 0.226 e. The first kappa shape index (κ1) is 11.0. The first-order valence-electron chi connectivity index (χ1n) is 4.12. The summed E-state index contributed by atoms with van der Waals surface area (Å²) in [5, 5.41) is 8.54. The summed E-state index contributed by atoms with van der Waals surface area (Å²) in [5.41, 5.74) is 1.47. The van der Waals surface area contributed by atoms with E-state index in [-0.39, 0.29) is 13.0 Å². The number of methoxy groups -OCH3 is 1. The van der Waals surface area contributed by atoms with Gasteiger partial charge in [-0.2, -0.15) is 0 Å². The zero-order valence-electron chi connectivity index (χ0n) is 7.79. The van der Waals surface area contributed by atoms with E-state index in [0.717, 1.165) is 5.56 Å². The Bertz CT molecular complexity index is 336. The van der Waals surface area contributed by atoms with Gasteiger partial charge in [0, 0.05) is 12.0 Å². The monoisotopic (exact) mass is 214 g/mol. The summed E-state index contributed by atoms with van der Waals surface area (Å²) >= 11 is 5.25. The normalized spacial score (nSPS) is 9.93. The number of hydrogen-bond acceptors (Lipinski definition) is 3. The van der Waals surface area contributed by atoms with Crippen LogP contribution in [0.25, 0.3) is 0 Å². The van der Waals surface area contributed by atoms with Crippen LogP contribution in [0.5, 0.6) is 5.75 Å². The highest BCUT2D eigenvalue weighted by atomic mass is 35.5. The quantitative estimate of drug-likeness (QED) is 0.773. The van der Waals surface area contributed by atoms with Gasteiger partial charge in [0.2, 0.25) is 5.24 Å². The van der Waals surface area contributed by atoms with Crippen molar-refractivity contribution < 1.29 is 14.6 Å². The maximum Gasteiger partial charge on any atom is 0.226 e. The Morgan fingerprint density at radius 2 is 2.29 bits per heavy atom. The van der Waals surface area contributed by atoms with E-state index in [1.54, 1.807) is 18.2 Å². The van der Waals surface area contributed by atoms with E-state index in [9.17, 15) is 4.79 Å². The molecule has 0 aliphatic heterocycles. The lowest BCUT2D eigenvalue weighted by Crippen LogP contribution is -1.97. The molecule has 0 fully saturated rings. The molecule has 0 unspecified atom stereocenters. The lowest BCUT2D eigenvalue weighted by Gasteiger charge is -2.07. The summed E-state index contributed by atoms with van der Waals surface area (Å²) in [7, 11) is 1.51. The number of aliphatic hydroxyl groups is 1. The summed E-state index contributed by atoms with van der Waals surface area (Å²) in [5.74, 6) is 0.572. The van der Waals surface area contributed by atoms with Crippen LogP contribution in [-0.2, 0) is 17.8 Å². The maximum atomic E-state index is 10.6. The molecule has 0 saturated carbocycles. The molecule has 0 radical (unpaired) electrons. The van der Waals surface area contributed by atoms with Gasteiger partial charge in [0.15, 0.2) is 0 Å². The zero-order valence-corrected chi connectivity index (χ0v) is 8.54. The van der Waals surface area contributed by atoms with Crippen LogP contribution in [-0.4, -0.2) is 17.5 Å². The molecule has 0 atom stereocenters. The van der Waals surface area contributed by atoms with Crippen molar-refractivity contribution in [3.63, 3.8) is 0 Å². The highest BCUT2D eigenvalue weighted by Crippen LogP contribution is 2.20. The van der Waals surface area contributed by atoms with Crippen LogP contribution in [0, 0.1) is 0 Å². The van der Waals surface area contributed by atoms with Gasteiger partial charge >= 0.3 is 0 Å². The molecule has 0 aliphatic rings. The number of hydrogen-bond donors (Lipinski definition) is 1. The second kappa shape index (κ2) is 4.98. The molecule has 0 aromatic heterocycles. The van der Waals surface area contributed by atoms with E-state index < -0.39 is 5.24 Å². The number of ether oxygens (including phenoxy) is 1. The van der Waals surface area contributed by atoms with E-state index in [2.05, 4.69) is 0 Å². The zero-order chi connectivity index (χ0) is 10.6. The van der Waals surface area contributed by atoms with Gasteiger partial charge < -0.3 is 9.84 Å². The van der Waals surface area contributed by atoms with Crippen molar-refractivity contribution in [3.8, 4) is 5.75 Å². The molecule has 3 nitrogen and oxygen atoms in total. The van der Waals surface area contributed by atoms with Gasteiger partial charge in [0.1, 0.15) is 5.75 Å². The molecule has 1 rings (SSSR count). The fraction of sp³-hybridized carbons (Fsp3) is 0.300. The Labute approximate surface area is 87.3 Å². The van der Waals surface area contributed by atoms with Gasteiger partial charge in [-0.1, -0.05) is 12.1 Å². The fourth-order valence-electron chi connectivity index (χ4n) is 1.19. The molecule has 1 N–H and O–H groups in total. The predicted octanol–water partition coefficient (Wildman–Crippen LogP) is 1.50. The molecule has 0 saturated heterocycles. The lowest BCUT2D eigenvalue weighted by molar-refractivity contribution is -0.111. The number of halogens is 1. The van der Waals surface area contributed by atoms with Crippen molar-refractivity contribution in [2.24, 2.45) is 0 Å². The van der Waals surface area contributed by atoms with Crippen molar-refractivity contribution in [2.75, 3.05) is 7.11 Å². The van der Waals surface area contributed by atoms with Gasteiger partial charge in [-0.3, -0.25) is 4.79 Å². The maximum absolute atomic E-state index is 10.6. The Morgan fingerprint density at radius 1 is 1.57 bits per heavy atom. The lowest BCUT2D eigenvalue weighted by atomic mass is 10.1. The standard InChI is InChI=1S/C10H11ClO3/c1-14-9-4-7(5-10(11)13)2-3-8(9)6-12/h2-4,12H,5-6H2,1H3. The number of rotatable bonds is 4. The van der Waals surface area contributed by atoms with Gasteiger partial charge in [-0.15, -0.1) is 0 Å². The highest BCUT2D eigenvalue weighted by molar-refractivity contribution is 6.63. The fourth-order valence-corrected chi connectivity index (χ4v) is 1.34. The van der Waals surface area contributed by atoms with Crippen LogP contribution in [0.2, 0.25) is 0 Å². The second-order valence-electron chi connectivity index (χ2n) is 2.84. The summed E-state index contributed by atoms with van der Waals surface area (Å²) in [6.07, 6.45) is 0.170. The summed E-state index contributed by atoms with van der Waals surface area (Å²) < 4.78 is 5.04. The molecule has 4 heteroatoms. The summed E-state index contributed by atoms with van der Waals surface area (Å²) in [6.45, 7) is -0.0850. The average Bonchev–Trinajstić information content (AvgIpc) is 2.16. The molecule has 0 aliphatic carbocycles. The third-order valence-electron chi connectivity index (χ3n) is 1.86. The minimum atomic E-state index is -0.413. The molecular formula is C10H11ClO3. The van der Waals surface area contributed by atoms with E-state index in [1.807, 2.05) is 0 Å². The molecule has 1 aromatic rings. The largest absolute Gasteiger partial charge is 0.496 e. The highest BCUT2D eigenvalue weighted by Gasteiger charge is 2.05. The second-order valence-corrected chi connectivity index (χ2v) is 3.26. The van der Waals surface area contributed by atoms with Crippen LogP contribution in [0.4, 0.5) is 0 Å². The minimum Gasteiger partial charge on any atom is -0.496 e. The number of carbonyl (C=O) groups is 1. The molecular weight excluding hydrogens is 204 g/mol. The van der Waals surface area contributed by atoms with Gasteiger partial charge in [-0.25, -0.2) is 0 Å². The SMILES string of the molecule is COc1cc(CC(=O)Cl)ccc1CO. The third-order valence-corrected chi connectivity index (χ3v) is 2.00.